The van der Waals surface area contributed by atoms with Crippen LogP contribution in [0.25, 0.3) is 0 Å². The largest absolute Gasteiger partial charge is 0.390 e. The Hall–Kier alpha value is -0.0400. The molecule has 0 aromatic heterocycles. The molecule has 0 amide bonds. The molecule has 2 saturated carbocycles. The number of hydrogen-bond acceptors (Lipinski definition) is 1. The molecule has 2 rings (SSSR count). The van der Waals surface area contributed by atoms with Gasteiger partial charge in [-0.2, -0.15) is 0 Å². The average Bonchev–Trinajstić information content (AvgIpc) is 2.03. The van der Waals surface area contributed by atoms with E-state index in [0.717, 1.165) is 24.7 Å². The zero-order valence-electron chi connectivity index (χ0n) is 8.92. The van der Waals surface area contributed by atoms with E-state index >= 15 is 0 Å². The van der Waals surface area contributed by atoms with Crippen LogP contribution in [0.4, 0.5) is 0 Å². The Morgan fingerprint density at radius 2 is 1.46 bits per heavy atom. The Kier molecular flexibility index (Phi) is 2.39. The maximum Gasteiger partial charge on any atom is 0.0680 e. The van der Waals surface area contributed by atoms with E-state index in [4.69, 9.17) is 0 Å². The van der Waals surface area contributed by atoms with Crippen molar-refractivity contribution in [2.45, 2.75) is 58.0 Å². The van der Waals surface area contributed by atoms with E-state index in [-0.39, 0.29) is 5.60 Å². The van der Waals surface area contributed by atoms with Gasteiger partial charge in [-0.25, -0.2) is 0 Å². The normalized spacial score (nSPS) is 51.5. The van der Waals surface area contributed by atoms with Crippen LogP contribution in [-0.4, -0.2) is 10.7 Å². The summed E-state index contributed by atoms with van der Waals surface area (Å²) in [6.45, 7) is 4.59. The summed E-state index contributed by atoms with van der Waals surface area (Å²) in [5.74, 6) is 2.29. The van der Waals surface area contributed by atoms with E-state index in [1.54, 1.807) is 0 Å². The highest BCUT2D eigenvalue weighted by atomic mass is 16.3. The molecule has 0 radical (unpaired) electrons. The molecule has 0 aromatic carbocycles. The van der Waals surface area contributed by atoms with Crippen molar-refractivity contribution in [3.63, 3.8) is 0 Å². The van der Waals surface area contributed by atoms with Crippen molar-refractivity contribution in [2.24, 2.45) is 17.8 Å². The van der Waals surface area contributed by atoms with E-state index in [2.05, 4.69) is 13.8 Å². The van der Waals surface area contributed by atoms with Gasteiger partial charge in [0.05, 0.1) is 5.60 Å². The van der Waals surface area contributed by atoms with Crippen LogP contribution < -0.4 is 0 Å². The van der Waals surface area contributed by atoms with Gasteiger partial charge in [0.2, 0.25) is 0 Å². The Labute approximate surface area is 81.5 Å². The summed E-state index contributed by atoms with van der Waals surface area (Å²) in [5.41, 5.74) is -0.250. The quantitative estimate of drug-likeness (QED) is 0.661. The fourth-order valence-electron chi connectivity index (χ4n) is 3.28. The van der Waals surface area contributed by atoms with Crippen LogP contribution in [0.3, 0.4) is 0 Å². The summed E-state index contributed by atoms with van der Waals surface area (Å²) in [5, 5.41) is 10.3. The van der Waals surface area contributed by atoms with Crippen molar-refractivity contribution >= 4 is 0 Å². The van der Waals surface area contributed by atoms with E-state index < -0.39 is 0 Å². The lowest BCUT2D eigenvalue weighted by Gasteiger charge is -2.49. The molecule has 0 heterocycles. The summed E-state index contributed by atoms with van der Waals surface area (Å²) in [7, 11) is 0. The van der Waals surface area contributed by atoms with E-state index in [0.29, 0.717) is 5.92 Å². The van der Waals surface area contributed by atoms with Gasteiger partial charge in [0, 0.05) is 0 Å². The summed E-state index contributed by atoms with van der Waals surface area (Å²) in [4.78, 5) is 0. The van der Waals surface area contributed by atoms with Crippen LogP contribution in [0, 0.1) is 17.8 Å². The third-order valence-electron chi connectivity index (χ3n) is 4.18. The third-order valence-corrected chi connectivity index (χ3v) is 4.18. The van der Waals surface area contributed by atoms with Crippen molar-refractivity contribution in [3.05, 3.63) is 0 Å². The van der Waals surface area contributed by atoms with Crippen LogP contribution in [0.15, 0.2) is 0 Å². The molecule has 76 valence electrons. The molecule has 0 aliphatic heterocycles. The lowest BCUT2D eigenvalue weighted by atomic mass is 9.61. The highest BCUT2D eigenvalue weighted by Gasteiger charge is 2.46. The molecule has 2 aliphatic carbocycles. The zero-order chi connectivity index (χ0) is 9.47. The molecule has 0 bridgehead atoms. The summed E-state index contributed by atoms with van der Waals surface area (Å²) in [6.07, 6.45) is 7.33. The van der Waals surface area contributed by atoms with Gasteiger partial charge in [0.15, 0.2) is 0 Å². The standard InChI is InChI=1S/C12H22O/c1-9-3-5-11(6-4-9)12(13)7-10(2)8-12/h9-11,13H,3-8H2,1-2H3. The summed E-state index contributed by atoms with van der Waals surface area (Å²) < 4.78 is 0. The highest BCUT2D eigenvalue weighted by Crippen LogP contribution is 2.48. The number of rotatable bonds is 1. The molecule has 13 heavy (non-hydrogen) atoms. The van der Waals surface area contributed by atoms with Crippen molar-refractivity contribution in [1.29, 1.82) is 0 Å². The van der Waals surface area contributed by atoms with Crippen molar-refractivity contribution in [3.8, 4) is 0 Å². The molecule has 0 saturated heterocycles. The molecule has 0 spiro atoms. The second-order valence-corrected chi connectivity index (χ2v) is 5.57. The Morgan fingerprint density at radius 3 is 1.92 bits per heavy atom. The van der Waals surface area contributed by atoms with Gasteiger partial charge in [-0.15, -0.1) is 0 Å². The van der Waals surface area contributed by atoms with Crippen LogP contribution in [0.5, 0.6) is 0 Å². The van der Waals surface area contributed by atoms with Crippen LogP contribution >= 0.6 is 0 Å². The van der Waals surface area contributed by atoms with E-state index in [9.17, 15) is 5.11 Å². The van der Waals surface area contributed by atoms with Crippen molar-refractivity contribution < 1.29 is 5.11 Å². The smallest absolute Gasteiger partial charge is 0.0680 e. The summed E-state index contributed by atoms with van der Waals surface area (Å²) in [6, 6.07) is 0. The van der Waals surface area contributed by atoms with Crippen LogP contribution in [0.1, 0.15) is 52.4 Å². The Morgan fingerprint density at radius 1 is 0.923 bits per heavy atom. The Bertz CT molecular complexity index is 174. The second kappa shape index (κ2) is 3.27. The van der Waals surface area contributed by atoms with Crippen LogP contribution in [0.2, 0.25) is 0 Å². The van der Waals surface area contributed by atoms with Gasteiger partial charge >= 0.3 is 0 Å². The first-order valence-electron chi connectivity index (χ1n) is 5.82. The lowest BCUT2D eigenvalue weighted by molar-refractivity contribution is -0.124. The van der Waals surface area contributed by atoms with Gasteiger partial charge in [-0.05, 0) is 43.4 Å². The first-order chi connectivity index (χ1) is 6.10. The molecule has 1 nitrogen and oxygen atoms in total. The van der Waals surface area contributed by atoms with E-state index in [1.165, 1.54) is 25.7 Å². The maximum atomic E-state index is 10.3. The minimum Gasteiger partial charge on any atom is -0.390 e. The SMILES string of the molecule is CC1CCC(C2(O)CC(C)C2)CC1. The first kappa shape index (κ1) is 9.51. The topological polar surface area (TPSA) is 20.2 Å². The predicted octanol–water partition coefficient (Wildman–Crippen LogP) is 2.97. The molecule has 1 N–H and O–H groups in total. The zero-order valence-corrected chi connectivity index (χ0v) is 8.92. The molecule has 0 unspecified atom stereocenters. The third kappa shape index (κ3) is 1.76. The highest BCUT2D eigenvalue weighted by molar-refractivity contribution is 4.98. The lowest BCUT2D eigenvalue weighted by Crippen LogP contribution is -2.49. The minimum absolute atomic E-state index is 0.250. The van der Waals surface area contributed by atoms with Crippen molar-refractivity contribution in [1.82, 2.24) is 0 Å². The average molecular weight is 182 g/mol. The summed E-state index contributed by atoms with van der Waals surface area (Å²) >= 11 is 0. The Balaban J connectivity index is 1.88. The monoisotopic (exact) mass is 182 g/mol. The van der Waals surface area contributed by atoms with Crippen LogP contribution in [-0.2, 0) is 0 Å². The number of aliphatic hydroxyl groups is 1. The van der Waals surface area contributed by atoms with Gasteiger partial charge in [0.25, 0.3) is 0 Å². The first-order valence-corrected chi connectivity index (χ1v) is 5.82. The fraction of sp³-hybridized carbons (Fsp3) is 1.00. The maximum absolute atomic E-state index is 10.3. The fourth-order valence-corrected chi connectivity index (χ4v) is 3.28. The van der Waals surface area contributed by atoms with Gasteiger partial charge in [-0.3, -0.25) is 0 Å². The van der Waals surface area contributed by atoms with Gasteiger partial charge < -0.3 is 5.11 Å². The van der Waals surface area contributed by atoms with Gasteiger partial charge in [-0.1, -0.05) is 26.7 Å². The van der Waals surface area contributed by atoms with Crippen molar-refractivity contribution in [2.75, 3.05) is 0 Å². The second-order valence-electron chi connectivity index (χ2n) is 5.57. The molecule has 2 fully saturated rings. The minimum atomic E-state index is -0.250. The molecule has 0 atom stereocenters. The number of hydrogen-bond donors (Lipinski definition) is 1. The molecular formula is C12H22O. The molecule has 1 heteroatoms. The predicted molar refractivity (Wildman–Crippen MR) is 54.5 cm³/mol. The van der Waals surface area contributed by atoms with E-state index in [1.807, 2.05) is 0 Å². The molecular weight excluding hydrogens is 160 g/mol. The van der Waals surface area contributed by atoms with Gasteiger partial charge in [0.1, 0.15) is 0 Å². The molecule has 2 aliphatic rings. The molecule has 0 aromatic rings.